The Kier molecular flexibility index (Phi) is 6.09. The van der Waals surface area contributed by atoms with Crippen molar-refractivity contribution in [1.82, 2.24) is 10.4 Å². The summed E-state index contributed by atoms with van der Waals surface area (Å²) in [5.41, 5.74) is 7.56. The van der Waals surface area contributed by atoms with Crippen LogP contribution in [0.5, 0.6) is 0 Å². The summed E-state index contributed by atoms with van der Waals surface area (Å²) in [5.74, 6) is -0.603. The van der Waals surface area contributed by atoms with E-state index in [0.717, 1.165) is 28.5 Å². The highest BCUT2D eigenvalue weighted by Crippen LogP contribution is 2.32. The minimum atomic E-state index is -0.384. The molecule has 130 valence electrons. The number of Topliss-reactive ketones (excluding diaryl/α,β-unsaturated/α-hetero) is 1. The van der Waals surface area contributed by atoms with Gasteiger partial charge in [-0.25, -0.2) is 5.43 Å². The van der Waals surface area contributed by atoms with Crippen molar-refractivity contribution in [1.29, 1.82) is 0 Å². The number of hydrazone groups is 1. The van der Waals surface area contributed by atoms with Gasteiger partial charge in [0, 0.05) is 28.4 Å². The molecular weight excluding hydrogens is 334 g/mol. The van der Waals surface area contributed by atoms with Crippen LogP contribution in [0.3, 0.4) is 0 Å². The molecule has 0 aliphatic carbocycles. The monoisotopic (exact) mass is 355 g/mol. The van der Waals surface area contributed by atoms with E-state index < -0.39 is 0 Å². The highest BCUT2D eigenvalue weighted by molar-refractivity contribution is 7.98. The smallest absolute Gasteiger partial charge is 0.271 e. The first-order valence-corrected chi connectivity index (χ1v) is 9.03. The lowest BCUT2D eigenvalue weighted by Crippen LogP contribution is -2.19. The molecule has 0 saturated heterocycles. The molecule has 0 unspecified atom stereocenters. The molecule has 25 heavy (non-hydrogen) atoms. The first-order chi connectivity index (χ1) is 11.9. The summed E-state index contributed by atoms with van der Waals surface area (Å²) in [6, 6.07) is 3.16. The van der Waals surface area contributed by atoms with Gasteiger partial charge in [0.05, 0.1) is 6.21 Å². The van der Waals surface area contributed by atoms with Crippen molar-refractivity contribution in [2.45, 2.75) is 32.6 Å². The normalized spacial score (nSPS) is 10.9. The van der Waals surface area contributed by atoms with Gasteiger partial charge >= 0.3 is 0 Å². The SMILES string of the molecule is CSc1c(C)c(C)c(C(=O)/C=N/NC(=O)c2ccncc2)c(C)c1C. The minimum absolute atomic E-state index is 0.219. The summed E-state index contributed by atoms with van der Waals surface area (Å²) >= 11 is 1.68. The van der Waals surface area contributed by atoms with Crippen LogP contribution in [0.25, 0.3) is 0 Å². The molecule has 0 bridgehead atoms. The molecule has 0 atom stereocenters. The number of pyridine rings is 1. The van der Waals surface area contributed by atoms with Gasteiger partial charge in [-0.2, -0.15) is 5.10 Å². The van der Waals surface area contributed by atoms with E-state index >= 15 is 0 Å². The molecule has 1 aromatic carbocycles. The van der Waals surface area contributed by atoms with Crippen LogP contribution in [-0.4, -0.2) is 29.1 Å². The van der Waals surface area contributed by atoms with Crippen LogP contribution in [0, 0.1) is 27.7 Å². The number of hydrogen-bond donors (Lipinski definition) is 1. The third kappa shape index (κ3) is 3.96. The predicted octanol–water partition coefficient (Wildman–Crippen LogP) is 3.64. The van der Waals surface area contributed by atoms with Crippen LogP contribution >= 0.6 is 11.8 Å². The molecule has 2 aromatic rings. The first-order valence-electron chi connectivity index (χ1n) is 7.80. The van der Waals surface area contributed by atoms with Crippen molar-refractivity contribution < 1.29 is 9.59 Å². The van der Waals surface area contributed by atoms with Gasteiger partial charge in [-0.05, 0) is 68.3 Å². The summed E-state index contributed by atoms with van der Waals surface area (Å²) in [7, 11) is 0. The number of rotatable bonds is 5. The molecule has 1 heterocycles. The minimum Gasteiger partial charge on any atom is -0.287 e. The van der Waals surface area contributed by atoms with E-state index in [2.05, 4.69) is 15.5 Å². The van der Waals surface area contributed by atoms with Crippen LogP contribution in [0.2, 0.25) is 0 Å². The number of thioether (sulfide) groups is 1. The van der Waals surface area contributed by atoms with Gasteiger partial charge in [-0.1, -0.05) is 0 Å². The molecule has 5 nitrogen and oxygen atoms in total. The van der Waals surface area contributed by atoms with E-state index in [0.29, 0.717) is 11.1 Å². The van der Waals surface area contributed by atoms with Crippen LogP contribution in [0.4, 0.5) is 0 Å². The molecule has 0 spiro atoms. The molecule has 1 aromatic heterocycles. The summed E-state index contributed by atoms with van der Waals surface area (Å²) in [6.45, 7) is 7.93. The number of nitrogens with zero attached hydrogens (tertiary/aromatic N) is 2. The summed E-state index contributed by atoms with van der Waals surface area (Å²) < 4.78 is 0. The summed E-state index contributed by atoms with van der Waals surface area (Å²) in [6.07, 6.45) is 6.24. The van der Waals surface area contributed by atoms with Gasteiger partial charge in [0.15, 0.2) is 0 Å². The van der Waals surface area contributed by atoms with E-state index in [4.69, 9.17) is 0 Å². The van der Waals surface area contributed by atoms with Gasteiger partial charge in [-0.15, -0.1) is 11.8 Å². The largest absolute Gasteiger partial charge is 0.287 e. The number of aromatic nitrogens is 1. The molecule has 0 radical (unpaired) electrons. The van der Waals surface area contributed by atoms with Crippen molar-refractivity contribution in [3.8, 4) is 0 Å². The summed E-state index contributed by atoms with van der Waals surface area (Å²) in [4.78, 5) is 29.6. The first kappa shape index (κ1) is 18.9. The van der Waals surface area contributed by atoms with Gasteiger partial charge < -0.3 is 0 Å². The Hall–Kier alpha value is -2.47. The molecule has 0 fully saturated rings. The van der Waals surface area contributed by atoms with Crippen LogP contribution < -0.4 is 5.43 Å². The maximum absolute atomic E-state index is 12.6. The van der Waals surface area contributed by atoms with Crippen molar-refractivity contribution >= 4 is 29.7 Å². The molecule has 6 heteroatoms. The standard InChI is InChI=1S/C19H21N3O2S/c1-11-13(3)18(25-5)14(4)12(2)17(11)16(23)10-21-22-19(24)15-6-8-20-9-7-15/h6-10H,1-5H3,(H,22,24)/b21-10+. The lowest BCUT2D eigenvalue weighted by Gasteiger charge is -2.17. The van der Waals surface area contributed by atoms with Crippen molar-refractivity contribution in [3.63, 3.8) is 0 Å². The van der Waals surface area contributed by atoms with Crippen LogP contribution in [0.15, 0.2) is 34.5 Å². The Morgan fingerprint density at radius 2 is 1.60 bits per heavy atom. The van der Waals surface area contributed by atoms with Crippen LogP contribution in [0.1, 0.15) is 43.0 Å². The maximum Gasteiger partial charge on any atom is 0.271 e. The van der Waals surface area contributed by atoms with Crippen molar-refractivity contribution in [3.05, 3.63) is 57.9 Å². The van der Waals surface area contributed by atoms with E-state index in [-0.39, 0.29) is 11.7 Å². The second-order valence-corrected chi connectivity index (χ2v) is 6.52. The fourth-order valence-corrected chi connectivity index (χ4v) is 3.65. The van der Waals surface area contributed by atoms with Crippen LogP contribution in [-0.2, 0) is 0 Å². The average Bonchev–Trinajstić information content (AvgIpc) is 2.61. The topological polar surface area (TPSA) is 71.4 Å². The zero-order valence-corrected chi connectivity index (χ0v) is 15.8. The van der Waals surface area contributed by atoms with E-state index in [1.165, 1.54) is 17.3 Å². The highest BCUT2D eigenvalue weighted by atomic mass is 32.2. The molecule has 1 amide bonds. The Labute approximate surface area is 151 Å². The molecule has 0 saturated carbocycles. The van der Waals surface area contributed by atoms with Gasteiger partial charge in [-0.3, -0.25) is 14.6 Å². The molecular formula is C19H21N3O2S. The van der Waals surface area contributed by atoms with Gasteiger partial charge in [0.2, 0.25) is 5.78 Å². The van der Waals surface area contributed by atoms with Crippen molar-refractivity contribution in [2.75, 3.05) is 6.26 Å². The fourth-order valence-electron chi connectivity index (χ4n) is 2.74. The third-order valence-electron chi connectivity index (χ3n) is 4.30. The lowest BCUT2D eigenvalue weighted by atomic mass is 9.92. The number of ketones is 1. The second kappa shape index (κ2) is 8.07. The van der Waals surface area contributed by atoms with Gasteiger partial charge in [0.1, 0.15) is 0 Å². The highest BCUT2D eigenvalue weighted by Gasteiger charge is 2.18. The maximum atomic E-state index is 12.6. The Morgan fingerprint density at radius 1 is 1.04 bits per heavy atom. The Balaban J connectivity index is 2.23. The van der Waals surface area contributed by atoms with Crippen molar-refractivity contribution in [2.24, 2.45) is 5.10 Å². The molecule has 2 rings (SSSR count). The van der Waals surface area contributed by atoms with E-state index in [1.54, 1.807) is 23.9 Å². The fraction of sp³-hybridized carbons (Fsp3) is 0.263. The lowest BCUT2D eigenvalue weighted by molar-refractivity contribution is 0.0955. The number of nitrogens with one attached hydrogen (secondary N) is 1. The number of amides is 1. The zero-order chi connectivity index (χ0) is 18.6. The quantitative estimate of drug-likeness (QED) is 0.385. The Morgan fingerprint density at radius 3 is 2.12 bits per heavy atom. The third-order valence-corrected chi connectivity index (χ3v) is 5.32. The molecule has 0 aliphatic rings. The second-order valence-electron chi connectivity index (χ2n) is 5.71. The Bertz CT molecular complexity index is 816. The van der Waals surface area contributed by atoms with E-state index in [9.17, 15) is 9.59 Å². The summed E-state index contributed by atoms with van der Waals surface area (Å²) in [5, 5.41) is 3.81. The predicted molar refractivity (Wildman–Crippen MR) is 102 cm³/mol. The number of carbonyl (C=O) groups excluding carboxylic acids is 2. The van der Waals surface area contributed by atoms with Gasteiger partial charge in [0.25, 0.3) is 5.91 Å². The number of hydrogen-bond acceptors (Lipinski definition) is 5. The number of benzene rings is 1. The number of carbonyl (C=O) groups is 2. The van der Waals surface area contributed by atoms with E-state index in [1.807, 2.05) is 34.0 Å². The zero-order valence-electron chi connectivity index (χ0n) is 15.0. The average molecular weight is 355 g/mol. The molecule has 1 N–H and O–H groups in total. The molecule has 0 aliphatic heterocycles.